The summed E-state index contributed by atoms with van der Waals surface area (Å²) in [5, 5.41) is 0.406. The van der Waals surface area contributed by atoms with Gasteiger partial charge in [-0.15, -0.1) is 12.4 Å². The maximum atomic E-state index is 13.8. The molecule has 1 aromatic carbocycles. The van der Waals surface area contributed by atoms with Crippen LogP contribution in [0.2, 0.25) is 5.02 Å². The van der Waals surface area contributed by atoms with Gasteiger partial charge in [-0.25, -0.2) is 4.39 Å². The van der Waals surface area contributed by atoms with Gasteiger partial charge in [0.2, 0.25) is 0 Å². The number of unbranched alkanes of at least 4 members (excludes halogenated alkanes) is 1. The summed E-state index contributed by atoms with van der Waals surface area (Å²) < 4.78 is 13.8. The van der Waals surface area contributed by atoms with E-state index in [2.05, 4.69) is 0 Å². The van der Waals surface area contributed by atoms with Crippen LogP contribution in [0.3, 0.4) is 0 Å². The lowest BCUT2D eigenvalue weighted by molar-refractivity contribution is 0.539. The quantitative estimate of drug-likeness (QED) is 0.813. The van der Waals surface area contributed by atoms with Gasteiger partial charge in [0.05, 0.1) is 0 Å². The molecule has 0 bridgehead atoms. The van der Waals surface area contributed by atoms with Crippen molar-refractivity contribution < 1.29 is 4.39 Å². The summed E-state index contributed by atoms with van der Waals surface area (Å²) in [4.78, 5) is 0. The van der Waals surface area contributed by atoms with Crippen LogP contribution >= 0.6 is 24.0 Å². The molecular formula is C12H19Cl2FN2. The summed E-state index contributed by atoms with van der Waals surface area (Å²) in [7, 11) is 0. The van der Waals surface area contributed by atoms with E-state index in [1.807, 2.05) is 0 Å². The molecule has 0 spiro atoms. The maximum Gasteiger partial charge on any atom is 0.132 e. The average molecular weight is 281 g/mol. The first-order chi connectivity index (χ1) is 7.57. The molecule has 0 heterocycles. The molecule has 0 aliphatic rings. The minimum atomic E-state index is -0.348. The Balaban J connectivity index is 0.00000256. The van der Waals surface area contributed by atoms with E-state index in [1.165, 1.54) is 0 Å². The lowest BCUT2D eigenvalue weighted by Crippen LogP contribution is -2.14. The van der Waals surface area contributed by atoms with Crippen molar-refractivity contribution >= 4 is 24.0 Å². The zero-order valence-corrected chi connectivity index (χ0v) is 11.5. The SMILES string of the molecule is Cc1ccc(Cl)c([C@@H](N)CCCCN)c1F.Cl. The number of aryl methyl sites for hydroxylation is 1. The fraction of sp³-hybridized carbons (Fsp3) is 0.500. The van der Waals surface area contributed by atoms with Crippen LogP contribution in [0, 0.1) is 12.7 Å². The zero-order chi connectivity index (χ0) is 12.1. The second kappa shape index (κ2) is 7.88. The molecule has 1 aromatic rings. The van der Waals surface area contributed by atoms with Crippen molar-refractivity contribution in [2.75, 3.05) is 6.54 Å². The van der Waals surface area contributed by atoms with Gasteiger partial charge in [-0.2, -0.15) is 0 Å². The molecule has 0 aromatic heterocycles. The molecule has 0 aliphatic heterocycles. The van der Waals surface area contributed by atoms with Gasteiger partial charge in [0.1, 0.15) is 5.82 Å². The van der Waals surface area contributed by atoms with Crippen molar-refractivity contribution in [3.05, 3.63) is 34.1 Å². The van der Waals surface area contributed by atoms with Crippen LogP contribution in [0.5, 0.6) is 0 Å². The number of hydrogen-bond donors (Lipinski definition) is 2. The Bertz CT molecular complexity index is 359. The van der Waals surface area contributed by atoms with Gasteiger partial charge in [-0.05, 0) is 37.9 Å². The topological polar surface area (TPSA) is 52.0 Å². The van der Waals surface area contributed by atoms with E-state index in [1.54, 1.807) is 19.1 Å². The molecule has 4 N–H and O–H groups in total. The molecule has 98 valence electrons. The van der Waals surface area contributed by atoms with Crippen molar-refractivity contribution in [2.45, 2.75) is 32.2 Å². The molecule has 0 fully saturated rings. The predicted molar refractivity (Wildman–Crippen MR) is 73.2 cm³/mol. The van der Waals surface area contributed by atoms with Gasteiger partial charge in [0.25, 0.3) is 0 Å². The highest BCUT2D eigenvalue weighted by molar-refractivity contribution is 6.31. The van der Waals surface area contributed by atoms with Gasteiger partial charge in [0.15, 0.2) is 0 Å². The third-order valence-corrected chi connectivity index (χ3v) is 2.99. The highest BCUT2D eigenvalue weighted by Crippen LogP contribution is 2.29. The normalized spacial score (nSPS) is 12.1. The van der Waals surface area contributed by atoms with Crippen LogP contribution in [0.1, 0.15) is 36.4 Å². The van der Waals surface area contributed by atoms with Crippen LogP contribution in [0.25, 0.3) is 0 Å². The largest absolute Gasteiger partial charge is 0.330 e. The summed E-state index contributed by atoms with van der Waals surface area (Å²) in [6, 6.07) is 3.00. The third-order valence-electron chi connectivity index (χ3n) is 2.66. The van der Waals surface area contributed by atoms with Crippen molar-refractivity contribution in [2.24, 2.45) is 11.5 Å². The highest BCUT2D eigenvalue weighted by atomic mass is 35.5. The van der Waals surface area contributed by atoms with E-state index in [-0.39, 0.29) is 24.3 Å². The van der Waals surface area contributed by atoms with E-state index >= 15 is 0 Å². The Hall–Kier alpha value is -0.350. The van der Waals surface area contributed by atoms with Gasteiger partial charge in [-0.1, -0.05) is 24.1 Å². The Labute approximate surface area is 113 Å². The molecule has 5 heteroatoms. The first-order valence-corrected chi connectivity index (χ1v) is 5.86. The van der Waals surface area contributed by atoms with Gasteiger partial charge in [-0.3, -0.25) is 0 Å². The predicted octanol–water partition coefficient (Wildman–Crippen LogP) is 3.34. The first kappa shape index (κ1) is 16.6. The molecule has 0 saturated carbocycles. The summed E-state index contributed by atoms with van der Waals surface area (Å²) in [5.41, 5.74) is 12.3. The number of halogens is 3. The van der Waals surface area contributed by atoms with E-state index < -0.39 is 0 Å². The first-order valence-electron chi connectivity index (χ1n) is 5.48. The number of hydrogen-bond acceptors (Lipinski definition) is 2. The second-order valence-electron chi connectivity index (χ2n) is 3.98. The third kappa shape index (κ3) is 4.43. The molecule has 0 aliphatic carbocycles. The number of rotatable bonds is 5. The van der Waals surface area contributed by atoms with Crippen LogP contribution in [-0.2, 0) is 0 Å². The minimum Gasteiger partial charge on any atom is -0.330 e. The van der Waals surface area contributed by atoms with Crippen LogP contribution < -0.4 is 11.5 Å². The Morgan fingerprint density at radius 3 is 2.59 bits per heavy atom. The van der Waals surface area contributed by atoms with Crippen LogP contribution in [-0.4, -0.2) is 6.54 Å². The van der Waals surface area contributed by atoms with Crippen molar-refractivity contribution in [1.82, 2.24) is 0 Å². The molecule has 17 heavy (non-hydrogen) atoms. The molecular weight excluding hydrogens is 262 g/mol. The zero-order valence-electron chi connectivity index (χ0n) is 9.88. The van der Waals surface area contributed by atoms with E-state index in [0.717, 1.165) is 12.8 Å². The summed E-state index contributed by atoms with van der Waals surface area (Å²) >= 11 is 5.96. The lowest BCUT2D eigenvalue weighted by Gasteiger charge is -2.15. The fourth-order valence-corrected chi connectivity index (χ4v) is 1.96. The Morgan fingerprint density at radius 2 is 2.00 bits per heavy atom. The Morgan fingerprint density at radius 1 is 1.35 bits per heavy atom. The second-order valence-corrected chi connectivity index (χ2v) is 4.39. The number of nitrogens with two attached hydrogens (primary N) is 2. The van der Waals surface area contributed by atoms with Crippen molar-refractivity contribution in [1.29, 1.82) is 0 Å². The van der Waals surface area contributed by atoms with Crippen molar-refractivity contribution in [3.63, 3.8) is 0 Å². The van der Waals surface area contributed by atoms with Crippen LogP contribution in [0.15, 0.2) is 12.1 Å². The average Bonchev–Trinajstić information content (AvgIpc) is 2.24. The minimum absolute atomic E-state index is 0. The standard InChI is InChI=1S/C12H18ClFN2.ClH/c1-8-5-6-9(13)11(12(8)14)10(16)4-2-3-7-15;/h5-6,10H,2-4,7,15-16H2,1H3;1H/t10-;/m0./s1. The lowest BCUT2D eigenvalue weighted by atomic mass is 9.99. The molecule has 0 unspecified atom stereocenters. The summed E-state index contributed by atoms with van der Waals surface area (Å²) in [6.07, 6.45) is 2.50. The van der Waals surface area contributed by atoms with Crippen molar-refractivity contribution in [3.8, 4) is 0 Å². The maximum absolute atomic E-state index is 13.8. The van der Waals surface area contributed by atoms with E-state index in [0.29, 0.717) is 29.1 Å². The molecule has 0 amide bonds. The fourth-order valence-electron chi connectivity index (χ4n) is 1.67. The molecule has 2 nitrogen and oxygen atoms in total. The van der Waals surface area contributed by atoms with Gasteiger partial charge in [0, 0.05) is 16.6 Å². The summed E-state index contributed by atoms with van der Waals surface area (Å²) in [6.45, 7) is 2.35. The van der Waals surface area contributed by atoms with Gasteiger partial charge < -0.3 is 11.5 Å². The molecule has 1 atom stereocenters. The monoisotopic (exact) mass is 280 g/mol. The summed E-state index contributed by atoms with van der Waals surface area (Å²) in [5.74, 6) is -0.284. The van der Waals surface area contributed by atoms with Gasteiger partial charge >= 0.3 is 0 Å². The molecule has 0 radical (unpaired) electrons. The smallest absolute Gasteiger partial charge is 0.132 e. The number of benzene rings is 1. The highest BCUT2D eigenvalue weighted by Gasteiger charge is 2.16. The Kier molecular flexibility index (Phi) is 7.71. The van der Waals surface area contributed by atoms with E-state index in [4.69, 9.17) is 23.1 Å². The van der Waals surface area contributed by atoms with Crippen LogP contribution in [0.4, 0.5) is 4.39 Å². The van der Waals surface area contributed by atoms with E-state index in [9.17, 15) is 4.39 Å². The molecule has 0 saturated heterocycles. The molecule has 1 rings (SSSR count).